The highest BCUT2D eigenvalue weighted by Crippen LogP contribution is 2.26. The summed E-state index contributed by atoms with van der Waals surface area (Å²) < 4.78 is 21.5. The number of hydrogen-bond donors (Lipinski definition) is 0. The van der Waals surface area contributed by atoms with Crippen molar-refractivity contribution in [3.63, 3.8) is 0 Å². The topological polar surface area (TPSA) is 105 Å². The summed E-state index contributed by atoms with van der Waals surface area (Å²) in [4.78, 5) is 50.0. The van der Waals surface area contributed by atoms with Crippen LogP contribution in [0.1, 0.15) is 68.1 Å². The zero-order valence-electron chi connectivity index (χ0n) is 26.6. The minimum atomic E-state index is -0.582. The zero-order chi connectivity index (χ0) is 33.9. The van der Waals surface area contributed by atoms with Gasteiger partial charge in [-0.1, -0.05) is 62.4 Å². The molecule has 8 heteroatoms. The Labute approximate surface area is 278 Å². The number of carbonyl (C=O) groups is 4. The van der Waals surface area contributed by atoms with Crippen LogP contribution in [0.25, 0.3) is 22.3 Å². The predicted molar refractivity (Wildman–Crippen MR) is 181 cm³/mol. The summed E-state index contributed by atoms with van der Waals surface area (Å²) in [6.45, 7) is 4.60. The molecular formula is C40H34O8. The monoisotopic (exact) mass is 642 g/mol. The van der Waals surface area contributed by atoms with E-state index in [1.807, 2.05) is 26.0 Å². The van der Waals surface area contributed by atoms with E-state index in [2.05, 4.69) is 0 Å². The Morgan fingerprint density at radius 3 is 1.15 bits per heavy atom. The Morgan fingerprint density at radius 2 is 0.792 bits per heavy atom. The molecule has 0 saturated heterocycles. The van der Waals surface area contributed by atoms with E-state index in [9.17, 15) is 19.2 Å². The molecule has 0 spiro atoms. The van der Waals surface area contributed by atoms with Crippen LogP contribution in [0, 0.1) is 0 Å². The van der Waals surface area contributed by atoms with Crippen LogP contribution in [0.15, 0.2) is 121 Å². The van der Waals surface area contributed by atoms with Gasteiger partial charge in [0.1, 0.15) is 11.5 Å². The van der Waals surface area contributed by atoms with Crippen LogP contribution >= 0.6 is 0 Å². The van der Waals surface area contributed by atoms with Crippen molar-refractivity contribution in [1.82, 2.24) is 0 Å². The molecule has 0 heterocycles. The Kier molecular flexibility index (Phi) is 11.1. The molecule has 0 radical (unpaired) electrons. The average molecular weight is 643 g/mol. The summed E-state index contributed by atoms with van der Waals surface area (Å²) in [6, 6.07) is 34.1. The Hall–Kier alpha value is -6.02. The summed E-state index contributed by atoms with van der Waals surface area (Å²) in [5.74, 6) is -1.22. The fraction of sp³-hybridized carbons (Fsp3) is 0.150. The molecule has 0 aliphatic heterocycles. The first-order chi connectivity index (χ1) is 23.3. The van der Waals surface area contributed by atoms with Crippen molar-refractivity contribution in [3.05, 3.63) is 144 Å². The van der Waals surface area contributed by atoms with Crippen molar-refractivity contribution in [1.29, 1.82) is 0 Å². The molecular weight excluding hydrogens is 608 g/mol. The number of benzene rings is 5. The lowest BCUT2D eigenvalue weighted by molar-refractivity contribution is 0.0496. The third kappa shape index (κ3) is 8.61. The molecule has 0 bridgehead atoms. The van der Waals surface area contributed by atoms with E-state index in [1.165, 1.54) is 24.3 Å². The van der Waals surface area contributed by atoms with Crippen LogP contribution in [0.2, 0.25) is 0 Å². The zero-order valence-corrected chi connectivity index (χ0v) is 26.6. The molecule has 0 fully saturated rings. The molecule has 48 heavy (non-hydrogen) atoms. The Morgan fingerprint density at radius 1 is 0.417 bits per heavy atom. The van der Waals surface area contributed by atoms with Crippen LogP contribution in [0.3, 0.4) is 0 Å². The molecule has 242 valence electrons. The lowest BCUT2D eigenvalue weighted by Gasteiger charge is -2.09. The van der Waals surface area contributed by atoms with Gasteiger partial charge in [-0.2, -0.15) is 0 Å². The highest BCUT2D eigenvalue weighted by molar-refractivity contribution is 5.95. The lowest BCUT2D eigenvalue weighted by atomic mass is 10.0. The number of carbonyl (C=O) groups excluding carboxylic acids is 4. The van der Waals surface area contributed by atoms with E-state index < -0.39 is 11.9 Å². The number of ether oxygens (including phenoxy) is 4. The third-order valence-corrected chi connectivity index (χ3v) is 7.22. The highest BCUT2D eigenvalue weighted by atomic mass is 16.5. The molecule has 5 aromatic rings. The normalized spacial score (nSPS) is 10.5. The van der Waals surface area contributed by atoms with Crippen molar-refractivity contribution in [2.24, 2.45) is 0 Å². The number of esters is 4. The largest absolute Gasteiger partial charge is 0.462 e. The first kappa shape index (κ1) is 33.3. The van der Waals surface area contributed by atoms with Crippen LogP contribution in [0.5, 0.6) is 11.5 Å². The summed E-state index contributed by atoms with van der Waals surface area (Å²) in [5.41, 5.74) is 4.80. The van der Waals surface area contributed by atoms with Gasteiger partial charge in [0.05, 0.1) is 35.5 Å². The average Bonchev–Trinajstić information content (AvgIpc) is 3.13. The Balaban J connectivity index is 1.16. The lowest BCUT2D eigenvalue weighted by Crippen LogP contribution is -2.11. The van der Waals surface area contributed by atoms with Gasteiger partial charge in [-0.3, -0.25) is 0 Å². The molecule has 0 aromatic heterocycles. The molecule has 0 saturated carbocycles. The SMILES string of the molecule is CCCOC(=O)c1cccc(-c2ccc(OC(=O)c3ccc(C(=O)Oc4ccc(-c5cccc(C(=O)OCCC)c5)cc4)cc3)cc2)c1. The molecule has 5 aromatic carbocycles. The minimum Gasteiger partial charge on any atom is -0.462 e. The van der Waals surface area contributed by atoms with Gasteiger partial charge in [0.2, 0.25) is 0 Å². The molecule has 8 nitrogen and oxygen atoms in total. The fourth-order valence-electron chi connectivity index (χ4n) is 4.71. The fourth-order valence-corrected chi connectivity index (χ4v) is 4.71. The van der Waals surface area contributed by atoms with E-state index in [4.69, 9.17) is 18.9 Å². The van der Waals surface area contributed by atoms with Crippen molar-refractivity contribution in [2.45, 2.75) is 26.7 Å². The summed E-state index contributed by atoms with van der Waals surface area (Å²) >= 11 is 0. The summed E-state index contributed by atoms with van der Waals surface area (Å²) in [6.07, 6.45) is 1.49. The van der Waals surface area contributed by atoms with E-state index >= 15 is 0 Å². The van der Waals surface area contributed by atoms with Crippen molar-refractivity contribution < 1.29 is 38.1 Å². The molecule has 0 aliphatic carbocycles. The molecule has 0 amide bonds. The third-order valence-electron chi connectivity index (χ3n) is 7.22. The standard InChI is InChI=1S/C40H34O8/c1-3-23-45-37(41)33-9-5-7-31(25-33)27-15-19-35(20-16-27)47-39(43)29-11-13-30(14-12-29)40(44)48-36-21-17-28(18-22-36)32-8-6-10-34(26-32)38(42)46-24-4-2/h5-22,25-26H,3-4,23-24H2,1-2H3. The smallest absolute Gasteiger partial charge is 0.343 e. The molecule has 0 atom stereocenters. The highest BCUT2D eigenvalue weighted by Gasteiger charge is 2.14. The second kappa shape index (κ2) is 16.0. The van der Waals surface area contributed by atoms with Crippen LogP contribution < -0.4 is 9.47 Å². The van der Waals surface area contributed by atoms with Crippen LogP contribution in [-0.2, 0) is 9.47 Å². The quantitative estimate of drug-likeness (QED) is 0.0984. The van der Waals surface area contributed by atoms with E-state index in [1.54, 1.807) is 84.9 Å². The van der Waals surface area contributed by atoms with Crippen molar-refractivity contribution in [2.75, 3.05) is 13.2 Å². The molecule has 0 N–H and O–H groups in total. The van der Waals surface area contributed by atoms with Crippen molar-refractivity contribution in [3.8, 4) is 33.8 Å². The van der Waals surface area contributed by atoms with Gasteiger partial charge in [0.25, 0.3) is 0 Å². The van der Waals surface area contributed by atoms with Crippen LogP contribution in [-0.4, -0.2) is 37.1 Å². The predicted octanol–water partition coefficient (Wildman–Crippen LogP) is 8.59. The van der Waals surface area contributed by atoms with Gasteiger partial charge < -0.3 is 18.9 Å². The summed E-state index contributed by atoms with van der Waals surface area (Å²) in [5, 5.41) is 0. The maximum Gasteiger partial charge on any atom is 0.343 e. The van der Waals surface area contributed by atoms with E-state index in [0.29, 0.717) is 35.8 Å². The molecule has 5 rings (SSSR count). The van der Waals surface area contributed by atoms with Gasteiger partial charge in [0, 0.05) is 0 Å². The molecule has 0 unspecified atom stereocenters. The van der Waals surface area contributed by atoms with Gasteiger partial charge in [-0.05, 0) is 108 Å². The minimum absolute atomic E-state index is 0.263. The number of rotatable bonds is 12. The maximum atomic E-state index is 12.8. The first-order valence-electron chi connectivity index (χ1n) is 15.6. The Bertz CT molecular complexity index is 1750. The second-order valence-electron chi connectivity index (χ2n) is 10.8. The van der Waals surface area contributed by atoms with Gasteiger partial charge in [0.15, 0.2) is 0 Å². The molecule has 0 aliphatic rings. The number of hydrogen-bond acceptors (Lipinski definition) is 8. The van der Waals surface area contributed by atoms with Gasteiger partial charge >= 0.3 is 23.9 Å². The van der Waals surface area contributed by atoms with Crippen molar-refractivity contribution >= 4 is 23.9 Å². The first-order valence-corrected chi connectivity index (χ1v) is 15.6. The van der Waals surface area contributed by atoms with E-state index in [0.717, 1.165) is 35.1 Å². The summed E-state index contributed by atoms with van der Waals surface area (Å²) in [7, 11) is 0. The maximum absolute atomic E-state index is 12.8. The van der Waals surface area contributed by atoms with Gasteiger partial charge in [-0.25, -0.2) is 19.2 Å². The van der Waals surface area contributed by atoms with Gasteiger partial charge in [-0.15, -0.1) is 0 Å². The van der Waals surface area contributed by atoms with Crippen LogP contribution in [0.4, 0.5) is 0 Å². The van der Waals surface area contributed by atoms with E-state index in [-0.39, 0.29) is 23.1 Å². The second-order valence-corrected chi connectivity index (χ2v) is 10.8.